The average Bonchev–Trinajstić information content (AvgIpc) is 2.31. The third kappa shape index (κ3) is 4.35. The van der Waals surface area contributed by atoms with Crippen molar-refractivity contribution in [2.45, 2.75) is 18.7 Å². The summed E-state index contributed by atoms with van der Waals surface area (Å²) in [5, 5.41) is 0.165. The molecule has 3 N–H and O–H groups in total. The summed E-state index contributed by atoms with van der Waals surface area (Å²) in [6.07, 6.45) is 0. The number of ether oxygens (including phenoxy) is 1. The van der Waals surface area contributed by atoms with Gasteiger partial charge < -0.3 is 10.5 Å². The highest BCUT2D eigenvalue weighted by Gasteiger charge is 2.19. The van der Waals surface area contributed by atoms with Gasteiger partial charge in [-0.2, -0.15) is 0 Å². The number of methoxy groups -OCH3 is 1. The van der Waals surface area contributed by atoms with Crippen LogP contribution in [0.1, 0.15) is 12.5 Å². The first-order valence-electron chi connectivity index (χ1n) is 5.82. The molecular formula is C12H19ClN2O3S. The zero-order valence-electron chi connectivity index (χ0n) is 11.2. The molecule has 0 radical (unpaired) electrons. The van der Waals surface area contributed by atoms with Gasteiger partial charge in [0.25, 0.3) is 0 Å². The minimum atomic E-state index is -3.66. The molecule has 19 heavy (non-hydrogen) atoms. The number of sulfonamides is 1. The van der Waals surface area contributed by atoms with Gasteiger partial charge >= 0.3 is 0 Å². The van der Waals surface area contributed by atoms with Crippen LogP contribution >= 0.6 is 11.6 Å². The minimum absolute atomic E-state index is 0.00174. The van der Waals surface area contributed by atoms with E-state index in [1.165, 1.54) is 6.07 Å². The van der Waals surface area contributed by atoms with E-state index in [2.05, 4.69) is 4.72 Å². The molecule has 108 valence electrons. The van der Waals surface area contributed by atoms with Gasteiger partial charge in [0.1, 0.15) is 4.90 Å². The number of nitrogens with two attached hydrogens (primary N) is 1. The number of aryl methyl sites for hydroxylation is 1. The summed E-state index contributed by atoms with van der Waals surface area (Å²) in [6, 6.07) is 2.92. The fourth-order valence-corrected chi connectivity index (χ4v) is 3.33. The van der Waals surface area contributed by atoms with E-state index in [1.807, 2.05) is 6.92 Å². The smallest absolute Gasteiger partial charge is 0.242 e. The summed E-state index contributed by atoms with van der Waals surface area (Å²) in [5.74, 6) is 0.0707. The summed E-state index contributed by atoms with van der Waals surface area (Å²) >= 11 is 5.96. The number of rotatable bonds is 6. The van der Waals surface area contributed by atoms with Crippen LogP contribution in [0.4, 0.5) is 5.69 Å². The summed E-state index contributed by atoms with van der Waals surface area (Å²) in [6.45, 7) is 4.41. The fourth-order valence-electron chi connectivity index (χ4n) is 1.55. The minimum Gasteiger partial charge on any atom is -0.398 e. The number of hydrogen-bond donors (Lipinski definition) is 2. The van der Waals surface area contributed by atoms with Crippen LogP contribution in [0.25, 0.3) is 0 Å². The van der Waals surface area contributed by atoms with Crippen molar-refractivity contribution in [3.8, 4) is 0 Å². The monoisotopic (exact) mass is 306 g/mol. The van der Waals surface area contributed by atoms with E-state index < -0.39 is 10.0 Å². The molecule has 0 amide bonds. The van der Waals surface area contributed by atoms with Crippen LogP contribution < -0.4 is 10.5 Å². The van der Waals surface area contributed by atoms with Gasteiger partial charge in [-0.15, -0.1) is 0 Å². The van der Waals surface area contributed by atoms with E-state index in [0.717, 1.165) is 5.56 Å². The zero-order chi connectivity index (χ0) is 14.6. The van der Waals surface area contributed by atoms with Crippen molar-refractivity contribution >= 4 is 27.3 Å². The molecule has 1 aromatic carbocycles. The molecule has 1 aromatic rings. The second kappa shape index (κ2) is 6.56. The highest BCUT2D eigenvalue weighted by molar-refractivity contribution is 7.89. The van der Waals surface area contributed by atoms with Crippen LogP contribution in [0.2, 0.25) is 5.02 Å². The first-order chi connectivity index (χ1) is 8.77. The summed E-state index contributed by atoms with van der Waals surface area (Å²) in [5.41, 5.74) is 6.86. The van der Waals surface area contributed by atoms with E-state index >= 15 is 0 Å². The van der Waals surface area contributed by atoms with Crippen LogP contribution in [0.15, 0.2) is 17.0 Å². The van der Waals surface area contributed by atoms with Crippen molar-refractivity contribution in [3.05, 3.63) is 22.7 Å². The quantitative estimate of drug-likeness (QED) is 0.785. The summed E-state index contributed by atoms with van der Waals surface area (Å²) in [4.78, 5) is 0.00174. The van der Waals surface area contributed by atoms with Gasteiger partial charge in [0.05, 0.1) is 5.02 Å². The molecule has 0 aliphatic rings. The molecule has 0 heterocycles. The van der Waals surface area contributed by atoms with Crippen LogP contribution in [0, 0.1) is 12.8 Å². The maximum Gasteiger partial charge on any atom is 0.242 e. The van der Waals surface area contributed by atoms with E-state index in [0.29, 0.717) is 12.3 Å². The number of nitrogen functional groups attached to an aromatic ring is 1. The van der Waals surface area contributed by atoms with Gasteiger partial charge in [-0.05, 0) is 30.5 Å². The predicted molar refractivity (Wildman–Crippen MR) is 76.8 cm³/mol. The lowest BCUT2D eigenvalue weighted by atomic mass is 10.2. The van der Waals surface area contributed by atoms with E-state index in [-0.39, 0.29) is 22.4 Å². The number of benzene rings is 1. The number of hydrogen-bond acceptors (Lipinski definition) is 4. The lowest BCUT2D eigenvalue weighted by molar-refractivity contribution is 0.161. The Bertz CT molecular complexity index is 546. The van der Waals surface area contributed by atoms with Crippen molar-refractivity contribution in [2.24, 2.45) is 5.92 Å². The zero-order valence-corrected chi connectivity index (χ0v) is 12.8. The van der Waals surface area contributed by atoms with Crippen molar-refractivity contribution in [1.82, 2.24) is 4.72 Å². The average molecular weight is 307 g/mol. The Hall–Kier alpha value is -0.820. The molecule has 0 aliphatic heterocycles. The van der Waals surface area contributed by atoms with Gasteiger partial charge in [0.2, 0.25) is 10.0 Å². The largest absolute Gasteiger partial charge is 0.398 e. The number of anilines is 1. The Labute approximate surface area is 119 Å². The standard InChI is InChI=1S/C12H19ClN2O3S/c1-8(7-18-3)6-15-19(16,17)12-5-11(14)9(2)4-10(12)13/h4-5,8,15H,6-7,14H2,1-3H3. The lowest BCUT2D eigenvalue weighted by Gasteiger charge is -2.13. The number of nitrogens with one attached hydrogen (secondary N) is 1. The third-order valence-electron chi connectivity index (χ3n) is 2.68. The topological polar surface area (TPSA) is 81.4 Å². The Morgan fingerprint density at radius 3 is 2.68 bits per heavy atom. The van der Waals surface area contributed by atoms with Gasteiger partial charge in [0.15, 0.2) is 0 Å². The molecule has 5 nitrogen and oxygen atoms in total. The second-order valence-corrected chi connectivity index (χ2v) is 6.69. The van der Waals surface area contributed by atoms with Crippen molar-refractivity contribution < 1.29 is 13.2 Å². The Morgan fingerprint density at radius 2 is 2.11 bits per heavy atom. The molecule has 0 bridgehead atoms. The van der Waals surface area contributed by atoms with Crippen molar-refractivity contribution in [2.75, 3.05) is 26.0 Å². The van der Waals surface area contributed by atoms with Crippen LogP contribution in [0.5, 0.6) is 0 Å². The molecule has 0 saturated carbocycles. The van der Waals surface area contributed by atoms with Crippen LogP contribution in [-0.4, -0.2) is 28.7 Å². The molecule has 1 rings (SSSR count). The van der Waals surface area contributed by atoms with Gasteiger partial charge in [-0.25, -0.2) is 13.1 Å². The molecular weight excluding hydrogens is 288 g/mol. The molecule has 0 fully saturated rings. The normalized spacial score (nSPS) is 13.5. The van der Waals surface area contributed by atoms with Crippen molar-refractivity contribution in [3.63, 3.8) is 0 Å². The van der Waals surface area contributed by atoms with Crippen LogP contribution in [0.3, 0.4) is 0 Å². The molecule has 1 atom stereocenters. The van der Waals surface area contributed by atoms with Crippen LogP contribution in [-0.2, 0) is 14.8 Å². The van der Waals surface area contributed by atoms with E-state index in [9.17, 15) is 8.42 Å². The Morgan fingerprint density at radius 1 is 1.47 bits per heavy atom. The molecule has 0 aromatic heterocycles. The maximum absolute atomic E-state index is 12.1. The van der Waals surface area contributed by atoms with Gasteiger partial charge in [-0.1, -0.05) is 18.5 Å². The second-order valence-electron chi connectivity index (χ2n) is 4.55. The molecule has 1 unspecified atom stereocenters. The first-order valence-corrected chi connectivity index (χ1v) is 7.68. The molecule has 0 saturated heterocycles. The van der Waals surface area contributed by atoms with Gasteiger partial charge in [0, 0.05) is 25.9 Å². The fraction of sp³-hybridized carbons (Fsp3) is 0.500. The Balaban J connectivity index is 2.92. The third-order valence-corrected chi connectivity index (χ3v) is 4.57. The van der Waals surface area contributed by atoms with Crippen molar-refractivity contribution in [1.29, 1.82) is 0 Å². The molecule has 7 heteroatoms. The SMILES string of the molecule is COCC(C)CNS(=O)(=O)c1cc(N)c(C)cc1Cl. The summed E-state index contributed by atoms with van der Waals surface area (Å²) in [7, 11) is -2.09. The van der Waals surface area contributed by atoms with Gasteiger partial charge in [-0.3, -0.25) is 0 Å². The number of halogens is 1. The maximum atomic E-state index is 12.1. The first kappa shape index (κ1) is 16.2. The Kier molecular flexibility index (Phi) is 5.61. The van der Waals surface area contributed by atoms with E-state index in [1.54, 1.807) is 20.1 Å². The molecule has 0 spiro atoms. The molecule has 0 aliphatic carbocycles. The summed E-state index contributed by atoms with van der Waals surface area (Å²) < 4.78 is 31.7. The van der Waals surface area contributed by atoms with E-state index in [4.69, 9.17) is 22.1 Å². The lowest BCUT2D eigenvalue weighted by Crippen LogP contribution is -2.30. The predicted octanol–water partition coefficient (Wildman–Crippen LogP) is 1.79. The highest BCUT2D eigenvalue weighted by Crippen LogP contribution is 2.26. The highest BCUT2D eigenvalue weighted by atomic mass is 35.5.